The van der Waals surface area contributed by atoms with Crippen LogP contribution in [0.25, 0.3) is 0 Å². The van der Waals surface area contributed by atoms with Gasteiger partial charge in [-0.3, -0.25) is 9.59 Å². The lowest BCUT2D eigenvalue weighted by atomic mass is 10.4. The molecule has 1 heterocycles. The van der Waals surface area contributed by atoms with E-state index in [0.717, 1.165) is 0 Å². The first-order valence-electron chi connectivity index (χ1n) is 3.78. The number of esters is 2. The van der Waals surface area contributed by atoms with Crippen molar-refractivity contribution in [2.45, 2.75) is 39.9 Å². The minimum absolute atomic E-state index is 0.551. The maximum absolute atomic E-state index is 9.81. The van der Waals surface area contributed by atoms with Gasteiger partial charge in [0.25, 0.3) is 0 Å². The predicted octanol–water partition coefficient (Wildman–Crippen LogP) is 0.890. The molecule has 0 saturated carbocycles. The molecule has 0 aromatic carbocycles. The minimum Gasteiger partial charge on any atom is -0.394 e. The van der Waals surface area contributed by atoms with Crippen LogP contribution < -0.4 is 0 Å². The summed E-state index contributed by atoms with van der Waals surface area (Å²) >= 11 is 0. The zero-order chi connectivity index (χ0) is 9.72. The predicted molar refractivity (Wildman–Crippen MR) is 42.5 cm³/mol. The molecule has 2 atom stereocenters. The molecule has 70 valence electrons. The highest BCUT2D eigenvalue weighted by Gasteiger charge is 2.27. The number of carbonyl (C=O) groups is 2. The second kappa shape index (κ2) is 4.87. The molecule has 1 rings (SSSR count). The topological polar surface area (TPSA) is 55.9 Å². The smallest absolute Gasteiger partial charge is 0.310 e. The van der Waals surface area contributed by atoms with Gasteiger partial charge in [-0.25, -0.2) is 0 Å². The van der Waals surface area contributed by atoms with Gasteiger partial charge in [0, 0.05) is 13.8 Å². The average molecular weight is 174 g/mol. The first kappa shape index (κ1) is 11.1. The maximum atomic E-state index is 9.81. The van der Waals surface area contributed by atoms with Crippen molar-refractivity contribution in [2.75, 3.05) is 0 Å². The van der Waals surface area contributed by atoms with Crippen molar-refractivity contribution < 1.29 is 19.1 Å². The van der Waals surface area contributed by atoms with Gasteiger partial charge in [0.15, 0.2) is 0 Å². The molecule has 1 saturated heterocycles. The highest BCUT2D eigenvalue weighted by Crippen LogP contribution is 2.18. The zero-order valence-corrected chi connectivity index (χ0v) is 7.79. The van der Waals surface area contributed by atoms with Crippen molar-refractivity contribution in [3.8, 4) is 0 Å². The fourth-order valence-electron chi connectivity index (χ4n) is 0.496. The molecule has 2 unspecified atom stereocenters. The standard InChI is InChI=1S/C4H6O3.C4H8O/c1-3(5)7-4(2)6;1-3-4(2)5-3/h1-2H3;3-4H,1-2H3. The zero-order valence-electron chi connectivity index (χ0n) is 7.79. The van der Waals surface area contributed by atoms with E-state index in [9.17, 15) is 9.59 Å². The highest BCUT2D eigenvalue weighted by atomic mass is 16.6. The van der Waals surface area contributed by atoms with Crippen molar-refractivity contribution in [1.29, 1.82) is 0 Å². The van der Waals surface area contributed by atoms with E-state index in [1.54, 1.807) is 0 Å². The Morgan fingerprint density at radius 1 is 1.08 bits per heavy atom. The summed E-state index contributed by atoms with van der Waals surface area (Å²) in [4.78, 5) is 19.6. The third-order valence-electron chi connectivity index (χ3n) is 1.30. The second-order valence-electron chi connectivity index (χ2n) is 2.63. The lowest BCUT2D eigenvalue weighted by Crippen LogP contribution is -2.03. The van der Waals surface area contributed by atoms with Gasteiger partial charge in [0.05, 0.1) is 12.2 Å². The summed E-state index contributed by atoms with van der Waals surface area (Å²) in [5.74, 6) is -1.12. The molecule has 0 aromatic rings. The van der Waals surface area contributed by atoms with Gasteiger partial charge in [0.1, 0.15) is 0 Å². The molecule has 1 aliphatic heterocycles. The van der Waals surface area contributed by atoms with Crippen molar-refractivity contribution in [3.63, 3.8) is 0 Å². The van der Waals surface area contributed by atoms with Crippen molar-refractivity contribution in [1.82, 2.24) is 0 Å². The van der Waals surface area contributed by atoms with E-state index in [4.69, 9.17) is 4.74 Å². The average Bonchev–Trinajstić information content (AvgIpc) is 2.42. The van der Waals surface area contributed by atoms with Gasteiger partial charge in [-0.1, -0.05) is 0 Å². The quantitative estimate of drug-likeness (QED) is 0.311. The fourth-order valence-corrected chi connectivity index (χ4v) is 0.496. The fraction of sp³-hybridized carbons (Fsp3) is 0.750. The molecule has 0 spiro atoms. The monoisotopic (exact) mass is 174 g/mol. The number of carbonyl (C=O) groups excluding carboxylic acids is 2. The van der Waals surface area contributed by atoms with Crippen LogP contribution in [0.1, 0.15) is 27.7 Å². The Balaban J connectivity index is 0.000000211. The minimum atomic E-state index is -0.562. The largest absolute Gasteiger partial charge is 0.394 e. The van der Waals surface area contributed by atoms with Gasteiger partial charge in [-0.15, -0.1) is 0 Å². The normalized spacial score (nSPS) is 25.0. The molecule has 1 aliphatic rings. The summed E-state index contributed by atoms with van der Waals surface area (Å²) in [5.41, 5.74) is 0. The van der Waals surface area contributed by atoms with E-state index in [1.165, 1.54) is 13.8 Å². The van der Waals surface area contributed by atoms with E-state index in [-0.39, 0.29) is 0 Å². The first-order chi connectivity index (χ1) is 5.43. The van der Waals surface area contributed by atoms with Gasteiger partial charge >= 0.3 is 11.9 Å². The summed E-state index contributed by atoms with van der Waals surface area (Å²) in [6.07, 6.45) is 1.10. The van der Waals surface area contributed by atoms with E-state index in [2.05, 4.69) is 18.6 Å². The molecule has 0 N–H and O–H groups in total. The van der Waals surface area contributed by atoms with E-state index >= 15 is 0 Å². The van der Waals surface area contributed by atoms with Gasteiger partial charge in [-0.05, 0) is 13.8 Å². The van der Waals surface area contributed by atoms with E-state index < -0.39 is 11.9 Å². The molecule has 0 bridgehead atoms. The van der Waals surface area contributed by atoms with Crippen LogP contribution in [0.2, 0.25) is 0 Å². The highest BCUT2D eigenvalue weighted by molar-refractivity contribution is 5.82. The molecule has 12 heavy (non-hydrogen) atoms. The Morgan fingerprint density at radius 3 is 1.33 bits per heavy atom. The molecule has 0 radical (unpaired) electrons. The van der Waals surface area contributed by atoms with Crippen LogP contribution in [0.15, 0.2) is 0 Å². The Hall–Kier alpha value is -0.900. The summed E-state index contributed by atoms with van der Waals surface area (Å²) < 4.78 is 8.89. The van der Waals surface area contributed by atoms with Gasteiger partial charge < -0.3 is 9.47 Å². The van der Waals surface area contributed by atoms with Crippen LogP contribution in [0.4, 0.5) is 0 Å². The summed E-state index contributed by atoms with van der Waals surface area (Å²) in [6.45, 7) is 6.51. The molecule has 1 fully saturated rings. The summed E-state index contributed by atoms with van der Waals surface area (Å²) in [6, 6.07) is 0. The third-order valence-corrected chi connectivity index (χ3v) is 1.30. The number of hydrogen-bond donors (Lipinski definition) is 0. The van der Waals surface area contributed by atoms with E-state index in [0.29, 0.717) is 12.2 Å². The van der Waals surface area contributed by atoms with Crippen molar-refractivity contribution in [2.24, 2.45) is 0 Å². The van der Waals surface area contributed by atoms with Crippen LogP contribution >= 0.6 is 0 Å². The van der Waals surface area contributed by atoms with Crippen molar-refractivity contribution in [3.05, 3.63) is 0 Å². The van der Waals surface area contributed by atoms with Gasteiger partial charge in [-0.2, -0.15) is 0 Å². The number of ether oxygens (including phenoxy) is 2. The molecule has 0 aliphatic carbocycles. The lowest BCUT2D eigenvalue weighted by Gasteiger charge is -1.87. The number of epoxide rings is 1. The molecule has 4 heteroatoms. The Bertz CT molecular complexity index is 158. The van der Waals surface area contributed by atoms with E-state index in [1.807, 2.05) is 0 Å². The van der Waals surface area contributed by atoms with Crippen LogP contribution in [0.3, 0.4) is 0 Å². The number of hydrogen-bond acceptors (Lipinski definition) is 4. The second-order valence-corrected chi connectivity index (χ2v) is 2.63. The Labute approximate surface area is 71.8 Å². The summed E-state index contributed by atoms with van der Waals surface area (Å²) in [5, 5.41) is 0. The van der Waals surface area contributed by atoms with Crippen LogP contribution in [0.5, 0.6) is 0 Å². The Morgan fingerprint density at radius 2 is 1.33 bits per heavy atom. The third kappa shape index (κ3) is 7.21. The first-order valence-corrected chi connectivity index (χ1v) is 3.78. The molecule has 0 amide bonds. The summed E-state index contributed by atoms with van der Waals surface area (Å²) in [7, 11) is 0. The SMILES string of the molecule is CC(=O)OC(C)=O.CC1OC1C. The maximum Gasteiger partial charge on any atom is 0.310 e. The Kier molecular flexibility index (Phi) is 4.51. The molecule has 0 aromatic heterocycles. The van der Waals surface area contributed by atoms with Crippen molar-refractivity contribution >= 4 is 11.9 Å². The molecular weight excluding hydrogens is 160 g/mol. The molecule has 4 nitrogen and oxygen atoms in total. The lowest BCUT2D eigenvalue weighted by molar-refractivity contribution is -0.156. The van der Waals surface area contributed by atoms with Gasteiger partial charge in [0.2, 0.25) is 0 Å². The van der Waals surface area contributed by atoms with Crippen LogP contribution in [-0.4, -0.2) is 24.1 Å². The number of rotatable bonds is 0. The van der Waals surface area contributed by atoms with Crippen LogP contribution in [-0.2, 0) is 19.1 Å². The van der Waals surface area contributed by atoms with Crippen LogP contribution in [0, 0.1) is 0 Å². The molecular formula is C8H14O4.